The second-order valence-corrected chi connectivity index (χ2v) is 3.55. The van der Waals surface area contributed by atoms with Crippen LogP contribution < -0.4 is 0 Å². The highest BCUT2D eigenvalue weighted by Crippen LogP contribution is 2.23. The van der Waals surface area contributed by atoms with Crippen LogP contribution in [-0.4, -0.2) is 17.7 Å². The third-order valence-corrected chi connectivity index (χ3v) is 2.31. The molecule has 0 fully saturated rings. The molecule has 0 unspecified atom stereocenters. The predicted octanol–water partition coefficient (Wildman–Crippen LogP) is 1.94. The lowest BCUT2D eigenvalue weighted by atomic mass is 10.2. The molecule has 0 N–H and O–H groups in total. The van der Waals surface area contributed by atoms with E-state index in [1.165, 1.54) is 0 Å². The Labute approximate surface area is 80.1 Å². The van der Waals surface area contributed by atoms with E-state index in [2.05, 4.69) is 15.9 Å². The van der Waals surface area contributed by atoms with Gasteiger partial charge in [0.05, 0.1) is 4.83 Å². The number of nitrogens with zero attached hydrogens (tertiary/aromatic N) is 1. The van der Waals surface area contributed by atoms with Gasteiger partial charge in [-0.25, -0.2) is 0 Å². The van der Waals surface area contributed by atoms with Crippen molar-refractivity contribution in [3.63, 3.8) is 0 Å². The molecule has 66 valence electrons. The van der Waals surface area contributed by atoms with Crippen LogP contribution >= 0.6 is 15.9 Å². The lowest BCUT2D eigenvalue weighted by Gasteiger charge is -2.25. The van der Waals surface area contributed by atoms with Gasteiger partial charge in [0.25, 0.3) is 0 Å². The molecule has 3 nitrogen and oxygen atoms in total. The Morgan fingerprint density at radius 3 is 3.25 bits per heavy atom. The Morgan fingerprint density at radius 2 is 2.67 bits per heavy atom. The van der Waals surface area contributed by atoms with Crippen molar-refractivity contribution in [3.05, 3.63) is 11.8 Å². The number of ether oxygens (including phenoxy) is 2. The monoisotopic (exact) mass is 231 g/mol. The van der Waals surface area contributed by atoms with Gasteiger partial charge in [-0.15, -0.1) is 0 Å². The lowest BCUT2D eigenvalue weighted by molar-refractivity contribution is -0.112. The largest absolute Gasteiger partial charge is 0.454 e. The van der Waals surface area contributed by atoms with E-state index < -0.39 is 0 Å². The molecule has 0 aromatic carbocycles. The lowest BCUT2D eigenvalue weighted by Crippen LogP contribution is -2.29. The van der Waals surface area contributed by atoms with Crippen LogP contribution in [0.1, 0.15) is 13.3 Å². The molecule has 1 aliphatic heterocycles. The molecular weight excluding hydrogens is 222 g/mol. The summed E-state index contributed by atoms with van der Waals surface area (Å²) in [5.41, 5.74) is 0. The summed E-state index contributed by atoms with van der Waals surface area (Å²) < 4.78 is 10.5. The fourth-order valence-corrected chi connectivity index (χ4v) is 1.40. The topological polar surface area (TPSA) is 42.2 Å². The summed E-state index contributed by atoms with van der Waals surface area (Å²) >= 11 is 3.41. The van der Waals surface area contributed by atoms with E-state index >= 15 is 0 Å². The van der Waals surface area contributed by atoms with Gasteiger partial charge < -0.3 is 9.47 Å². The van der Waals surface area contributed by atoms with E-state index in [1.807, 2.05) is 13.0 Å². The minimum Gasteiger partial charge on any atom is -0.454 e. The Kier molecular flexibility index (Phi) is 3.57. The zero-order chi connectivity index (χ0) is 8.97. The van der Waals surface area contributed by atoms with Crippen LogP contribution in [-0.2, 0) is 9.47 Å². The van der Waals surface area contributed by atoms with Gasteiger partial charge in [-0.1, -0.05) is 15.9 Å². The van der Waals surface area contributed by atoms with E-state index in [1.54, 1.807) is 6.08 Å². The van der Waals surface area contributed by atoms with Gasteiger partial charge in [0.15, 0.2) is 5.76 Å². The first-order valence-corrected chi connectivity index (χ1v) is 4.72. The van der Waals surface area contributed by atoms with Crippen molar-refractivity contribution in [2.75, 3.05) is 6.61 Å². The SMILES string of the molecule is CCO[C@@H]1OC(C#N)=CC[C@H]1Br. The Bertz CT molecular complexity index is 222. The first-order valence-electron chi connectivity index (χ1n) is 3.80. The fraction of sp³-hybridized carbons (Fsp3) is 0.625. The number of hydrogen-bond acceptors (Lipinski definition) is 3. The second-order valence-electron chi connectivity index (χ2n) is 2.37. The molecule has 0 radical (unpaired) electrons. The van der Waals surface area contributed by atoms with Gasteiger partial charge in [0, 0.05) is 6.61 Å². The fourth-order valence-electron chi connectivity index (χ4n) is 0.953. The minimum atomic E-state index is -0.324. The minimum absolute atomic E-state index is 0.148. The molecule has 0 aromatic heterocycles. The summed E-state index contributed by atoms with van der Waals surface area (Å²) in [6, 6.07) is 1.95. The maximum atomic E-state index is 8.55. The van der Waals surface area contributed by atoms with Crippen molar-refractivity contribution in [1.29, 1.82) is 5.26 Å². The number of rotatable bonds is 2. The van der Waals surface area contributed by atoms with Crippen LogP contribution in [0.3, 0.4) is 0 Å². The van der Waals surface area contributed by atoms with Gasteiger partial charge in [-0.05, 0) is 19.4 Å². The second kappa shape index (κ2) is 4.48. The highest BCUT2D eigenvalue weighted by atomic mass is 79.9. The van der Waals surface area contributed by atoms with E-state index in [0.717, 1.165) is 6.42 Å². The molecule has 0 bridgehead atoms. The molecule has 0 amide bonds. The van der Waals surface area contributed by atoms with Crippen molar-refractivity contribution < 1.29 is 9.47 Å². The average Bonchev–Trinajstić information content (AvgIpc) is 2.09. The third-order valence-electron chi connectivity index (χ3n) is 1.51. The molecule has 1 rings (SSSR count). The Balaban J connectivity index is 2.55. The van der Waals surface area contributed by atoms with Crippen LogP contribution in [0, 0.1) is 11.3 Å². The first-order chi connectivity index (χ1) is 5.77. The number of nitriles is 1. The Hall–Kier alpha value is -0.530. The molecule has 12 heavy (non-hydrogen) atoms. The molecule has 0 saturated heterocycles. The van der Waals surface area contributed by atoms with Crippen LogP contribution in [0.15, 0.2) is 11.8 Å². The molecule has 0 aliphatic carbocycles. The summed E-state index contributed by atoms with van der Waals surface area (Å²) in [6.07, 6.45) is 2.21. The van der Waals surface area contributed by atoms with Crippen LogP contribution in [0.25, 0.3) is 0 Å². The van der Waals surface area contributed by atoms with E-state index in [0.29, 0.717) is 12.4 Å². The molecule has 4 heteroatoms. The van der Waals surface area contributed by atoms with Crippen molar-refractivity contribution in [1.82, 2.24) is 0 Å². The predicted molar refractivity (Wildman–Crippen MR) is 47.5 cm³/mol. The number of alkyl halides is 1. The van der Waals surface area contributed by atoms with Crippen molar-refractivity contribution in [2.45, 2.75) is 24.5 Å². The van der Waals surface area contributed by atoms with Crippen molar-refractivity contribution >= 4 is 15.9 Å². The molecule has 0 saturated carbocycles. The highest BCUT2D eigenvalue weighted by Gasteiger charge is 2.25. The van der Waals surface area contributed by atoms with E-state index in [-0.39, 0.29) is 11.1 Å². The smallest absolute Gasteiger partial charge is 0.213 e. The maximum Gasteiger partial charge on any atom is 0.213 e. The summed E-state index contributed by atoms with van der Waals surface area (Å²) in [4.78, 5) is 0.148. The molecule has 0 aromatic rings. The zero-order valence-corrected chi connectivity index (χ0v) is 8.37. The first kappa shape index (κ1) is 9.56. The van der Waals surface area contributed by atoms with Gasteiger partial charge in [-0.2, -0.15) is 5.26 Å². The van der Waals surface area contributed by atoms with Gasteiger partial charge in [0.2, 0.25) is 6.29 Å². The number of allylic oxidation sites excluding steroid dienone is 2. The number of hydrogen-bond donors (Lipinski definition) is 0. The van der Waals surface area contributed by atoms with E-state index in [9.17, 15) is 0 Å². The summed E-state index contributed by atoms with van der Waals surface area (Å²) in [7, 11) is 0. The Morgan fingerprint density at radius 1 is 1.92 bits per heavy atom. The number of halogens is 1. The highest BCUT2D eigenvalue weighted by molar-refractivity contribution is 9.09. The molecule has 2 atom stereocenters. The van der Waals surface area contributed by atoms with Gasteiger partial charge in [-0.3, -0.25) is 0 Å². The van der Waals surface area contributed by atoms with Gasteiger partial charge in [0.1, 0.15) is 6.07 Å². The zero-order valence-electron chi connectivity index (χ0n) is 6.79. The third kappa shape index (κ3) is 2.23. The molecule has 1 aliphatic rings. The van der Waals surface area contributed by atoms with Crippen LogP contribution in [0.4, 0.5) is 0 Å². The summed E-state index contributed by atoms with van der Waals surface area (Å²) in [5, 5.41) is 8.55. The normalized spacial score (nSPS) is 28.6. The molecular formula is C8H10BrNO2. The molecule has 0 spiro atoms. The molecule has 1 heterocycles. The summed E-state index contributed by atoms with van der Waals surface area (Å²) in [5.74, 6) is 0.351. The van der Waals surface area contributed by atoms with Crippen LogP contribution in [0.2, 0.25) is 0 Å². The van der Waals surface area contributed by atoms with E-state index in [4.69, 9.17) is 14.7 Å². The van der Waals surface area contributed by atoms with Crippen molar-refractivity contribution in [3.8, 4) is 6.07 Å². The average molecular weight is 232 g/mol. The summed E-state index contributed by atoms with van der Waals surface area (Å²) in [6.45, 7) is 2.49. The maximum absolute atomic E-state index is 8.55. The standard InChI is InChI=1S/C8H10BrNO2/c1-2-11-8-7(9)4-3-6(5-10)12-8/h3,7-8H,2,4H2,1H3/t7-,8-/m1/s1. The van der Waals surface area contributed by atoms with Crippen LogP contribution in [0.5, 0.6) is 0 Å². The van der Waals surface area contributed by atoms with Crippen molar-refractivity contribution in [2.24, 2.45) is 0 Å². The quantitative estimate of drug-likeness (QED) is 0.683. The van der Waals surface area contributed by atoms with Gasteiger partial charge >= 0.3 is 0 Å².